The Morgan fingerprint density at radius 2 is 2.04 bits per heavy atom. The molecule has 0 saturated carbocycles. The van der Waals surface area contributed by atoms with Crippen molar-refractivity contribution in [2.75, 3.05) is 11.4 Å². The van der Waals surface area contributed by atoms with Crippen LogP contribution in [-0.2, 0) is 6.42 Å². The molecule has 0 saturated heterocycles. The first-order valence-electron chi connectivity index (χ1n) is 7.89. The van der Waals surface area contributed by atoms with Crippen LogP contribution in [0.15, 0.2) is 46.9 Å². The molecule has 0 N–H and O–H groups in total. The zero-order chi connectivity index (χ0) is 17.6. The van der Waals surface area contributed by atoms with Gasteiger partial charge in [0.15, 0.2) is 0 Å². The number of carbonyl (C=O) groups excluding carboxylic acids is 1. The molecule has 4 rings (SSSR count). The Bertz CT molecular complexity index is 1010. The Hall–Kier alpha value is -1.98. The van der Waals surface area contributed by atoms with E-state index in [0.29, 0.717) is 16.7 Å². The van der Waals surface area contributed by atoms with E-state index in [0.717, 1.165) is 29.2 Å². The molecule has 0 unspecified atom stereocenters. The van der Waals surface area contributed by atoms with Crippen LogP contribution >= 0.6 is 27.5 Å². The van der Waals surface area contributed by atoms with Crippen molar-refractivity contribution in [1.29, 1.82) is 0 Å². The van der Waals surface area contributed by atoms with E-state index in [1.807, 2.05) is 30.3 Å². The molecule has 2 aromatic carbocycles. The fraction of sp³-hybridized carbons (Fsp3) is 0.158. The van der Waals surface area contributed by atoms with Gasteiger partial charge in [-0.2, -0.15) is 0 Å². The zero-order valence-electron chi connectivity index (χ0n) is 13.1. The van der Waals surface area contributed by atoms with Crippen LogP contribution in [0.4, 0.5) is 10.1 Å². The van der Waals surface area contributed by atoms with Crippen molar-refractivity contribution in [2.45, 2.75) is 12.8 Å². The highest BCUT2D eigenvalue weighted by molar-refractivity contribution is 9.10. The summed E-state index contributed by atoms with van der Waals surface area (Å²) in [5.41, 5.74) is 1.38. The predicted molar refractivity (Wildman–Crippen MR) is 101 cm³/mol. The van der Waals surface area contributed by atoms with Gasteiger partial charge in [0.25, 0.3) is 5.91 Å². The zero-order valence-corrected chi connectivity index (χ0v) is 15.4. The molecule has 3 aromatic rings. The van der Waals surface area contributed by atoms with Crippen molar-refractivity contribution in [3.8, 4) is 0 Å². The number of fused-ring (bicyclic) bond motifs is 2. The molecule has 1 amide bonds. The van der Waals surface area contributed by atoms with E-state index in [1.54, 1.807) is 6.07 Å². The summed E-state index contributed by atoms with van der Waals surface area (Å²) in [6.07, 6.45) is 1.51. The van der Waals surface area contributed by atoms with Gasteiger partial charge in [0.2, 0.25) is 0 Å². The van der Waals surface area contributed by atoms with Crippen LogP contribution in [0.1, 0.15) is 22.5 Å². The first-order valence-corrected chi connectivity index (χ1v) is 9.07. The first-order chi connectivity index (χ1) is 12.0. The second kappa shape index (κ2) is 6.39. The number of aryl methyl sites for hydroxylation is 1. The number of hydrogen-bond donors (Lipinski definition) is 0. The van der Waals surface area contributed by atoms with Crippen LogP contribution in [0.3, 0.4) is 0 Å². The maximum absolute atomic E-state index is 14.5. The maximum Gasteiger partial charge on any atom is 0.277 e. The third-order valence-corrected chi connectivity index (χ3v) is 5.11. The van der Waals surface area contributed by atoms with Crippen LogP contribution in [-0.4, -0.2) is 17.4 Å². The molecule has 0 atom stereocenters. The van der Waals surface area contributed by atoms with Crippen molar-refractivity contribution in [2.24, 2.45) is 0 Å². The van der Waals surface area contributed by atoms with Crippen LogP contribution in [0.25, 0.3) is 10.8 Å². The van der Waals surface area contributed by atoms with E-state index >= 15 is 0 Å². The molecular formula is C19H13BrClFN2O. The van der Waals surface area contributed by atoms with Crippen LogP contribution in [0.2, 0.25) is 5.15 Å². The van der Waals surface area contributed by atoms with Crippen LogP contribution < -0.4 is 4.90 Å². The topological polar surface area (TPSA) is 33.2 Å². The molecule has 25 heavy (non-hydrogen) atoms. The number of nitrogens with zero attached hydrogens (tertiary/aromatic N) is 2. The van der Waals surface area contributed by atoms with E-state index in [2.05, 4.69) is 20.9 Å². The van der Waals surface area contributed by atoms with Crippen LogP contribution in [0.5, 0.6) is 0 Å². The number of carbonyl (C=O) groups is 1. The molecule has 0 fully saturated rings. The number of benzene rings is 2. The lowest BCUT2D eigenvalue weighted by molar-refractivity contribution is 0.0979. The average Bonchev–Trinajstić information content (AvgIpc) is 2.60. The quantitative estimate of drug-likeness (QED) is 0.496. The monoisotopic (exact) mass is 418 g/mol. The summed E-state index contributed by atoms with van der Waals surface area (Å²) in [5.74, 6) is -0.751. The lowest BCUT2D eigenvalue weighted by Crippen LogP contribution is -2.36. The first kappa shape index (κ1) is 16.5. The van der Waals surface area contributed by atoms with Crippen molar-refractivity contribution in [3.63, 3.8) is 0 Å². The van der Waals surface area contributed by atoms with Gasteiger partial charge in [0.1, 0.15) is 16.7 Å². The molecule has 6 heteroatoms. The number of rotatable bonds is 1. The van der Waals surface area contributed by atoms with Gasteiger partial charge in [0, 0.05) is 16.4 Å². The minimum absolute atomic E-state index is 0.221. The minimum atomic E-state index is -0.413. The number of aromatic nitrogens is 1. The van der Waals surface area contributed by atoms with Crippen molar-refractivity contribution < 1.29 is 9.18 Å². The summed E-state index contributed by atoms with van der Waals surface area (Å²) in [7, 11) is 0. The fourth-order valence-corrected chi connectivity index (χ4v) is 4.00. The third-order valence-electron chi connectivity index (χ3n) is 4.36. The molecule has 126 valence electrons. The Labute approximate surface area is 157 Å². The summed E-state index contributed by atoms with van der Waals surface area (Å²) < 4.78 is 15.2. The fourth-order valence-electron chi connectivity index (χ4n) is 3.26. The van der Waals surface area contributed by atoms with E-state index in [9.17, 15) is 9.18 Å². The molecule has 0 radical (unpaired) electrons. The molecule has 0 bridgehead atoms. The van der Waals surface area contributed by atoms with Gasteiger partial charge < -0.3 is 4.90 Å². The average molecular weight is 420 g/mol. The lowest BCUT2D eigenvalue weighted by Gasteiger charge is -2.30. The van der Waals surface area contributed by atoms with Gasteiger partial charge in [-0.3, -0.25) is 4.79 Å². The van der Waals surface area contributed by atoms with Crippen molar-refractivity contribution in [1.82, 2.24) is 4.98 Å². The van der Waals surface area contributed by atoms with E-state index in [1.165, 1.54) is 11.0 Å². The summed E-state index contributed by atoms with van der Waals surface area (Å²) in [6.45, 7) is 0.455. The number of pyridine rings is 1. The molecule has 1 aliphatic rings. The molecule has 1 aromatic heterocycles. The maximum atomic E-state index is 14.5. The second-order valence-electron chi connectivity index (χ2n) is 5.98. The standard InChI is InChI=1S/C19H13BrClFN2O/c20-13-8-12-5-3-7-24(17(12)15(22)10-13)19(25)16-9-11-4-1-2-6-14(11)18(21)23-16/h1-2,4,6,8-10H,3,5,7H2. The molecule has 1 aliphatic heterocycles. The molecule has 0 aliphatic carbocycles. The molecule has 3 nitrogen and oxygen atoms in total. The van der Waals surface area contributed by atoms with Crippen LogP contribution in [0, 0.1) is 5.82 Å². The van der Waals surface area contributed by atoms with Gasteiger partial charge >= 0.3 is 0 Å². The highest BCUT2D eigenvalue weighted by atomic mass is 79.9. The van der Waals surface area contributed by atoms with Gasteiger partial charge in [-0.05, 0) is 42.0 Å². The van der Waals surface area contributed by atoms with Crippen molar-refractivity contribution in [3.05, 3.63) is 69.2 Å². The van der Waals surface area contributed by atoms with Gasteiger partial charge in [0.05, 0.1) is 5.69 Å². The summed E-state index contributed by atoms with van der Waals surface area (Å²) in [5, 5.41) is 1.89. The largest absolute Gasteiger partial charge is 0.304 e. The molecular weight excluding hydrogens is 407 g/mol. The predicted octanol–water partition coefficient (Wildman–Crippen LogP) is 5.38. The summed E-state index contributed by atoms with van der Waals surface area (Å²) in [6, 6.07) is 12.4. The Balaban J connectivity index is 1.81. The number of hydrogen-bond acceptors (Lipinski definition) is 2. The van der Waals surface area contributed by atoms with E-state index in [4.69, 9.17) is 11.6 Å². The Morgan fingerprint density at radius 1 is 1.24 bits per heavy atom. The third kappa shape index (κ3) is 2.92. The van der Waals surface area contributed by atoms with E-state index < -0.39 is 5.82 Å². The normalized spacial score (nSPS) is 13.8. The highest BCUT2D eigenvalue weighted by Crippen LogP contribution is 2.34. The van der Waals surface area contributed by atoms with E-state index in [-0.39, 0.29) is 16.8 Å². The van der Waals surface area contributed by atoms with Gasteiger partial charge in [-0.1, -0.05) is 51.8 Å². The second-order valence-corrected chi connectivity index (χ2v) is 7.25. The summed E-state index contributed by atoms with van der Waals surface area (Å²) >= 11 is 9.54. The summed E-state index contributed by atoms with van der Waals surface area (Å²) in [4.78, 5) is 18.7. The molecule has 0 spiro atoms. The minimum Gasteiger partial charge on any atom is -0.304 e. The lowest BCUT2D eigenvalue weighted by atomic mass is 10.0. The SMILES string of the molecule is O=C(c1cc2ccccc2c(Cl)n1)N1CCCc2cc(Br)cc(F)c21. The number of amides is 1. The van der Waals surface area contributed by atoms with Gasteiger partial charge in [-0.25, -0.2) is 9.37 Å². The van der Waals surface area contributed by atoms with Gasteiger partial charge in [-0.15, -0.1) is 0 Å². The number of anilines is 1. The molecule has 2 heterocycles. The highest BCUT2D eigenvalue weighted by Gasteiger charge is 2.28. The van der Waals surface area contributed by atoms with Crippen molar-refractivity contribution >= 4 is 49.9 Å². The Morgan fingerprint density at radius 3 is 2.88 bits per heavy atom. The Kier molecular flexibility index (Phi) is 4.21. The smallest absolute Gasteiger partial charge is 0.277 e. The number of halogens is 3.